The lowest BCUT2D eigenvalue weighted by atomic mass is 10.1. The zero-order valence-electron chi connectivity index (χ0n) is 11.1. The Balaban J connectivity index is 1.81. The molecule has 0 fully saturated rings. The Hall–Kier alpha value is -2.15. The molecule has 0 aliphatic rings. The molecule has 0 saturated heterocycles. The standard InChI is InChI=1S/C12H18N6O/c1-17-6-4-10(16-17)3-5-14-12(19)11(13)9-7-15-18(2)8-9/h4,6-8,11H,3,5,13H2,1-2H3,(H,14,19). The van der Waals surface area contributed by atoms with E-state index in [4.69, 9.17) is 5.73 Å². The van der Waals surface area contributed by atoms with Crippen LogP contribution >= 0.6 is 0 Å². The Morgan fingerprint density at radius 2 is 2.26 bits per heavy atom. The lowest BCUT2D eigenvalue weighted by molar-refractivity contribution is -0.122. The quantitative estimate of drug-likeness (QED) is 0.761. The molecule has 2 aromatic heterocycles. The molecule has 3 N–H and O–H groups in total. The molecule has 2 rings (SSSR count). The number of hydrogen-bond donors (Lipinski definition) is 2. The van der Waals surface area contributed by atoms with Crippen molar-refractivity contribution >= 4 is 5.91 Å². The third-order valence-electron chi connectivity index (χ3n) is 2.82. The first kappa shape index (κ1) is 13.3. The lowest BCUT2D eigenvalue weighted by Crippen LogP contribution is -2.35. The molecule has 19 heavy (non-hydrogen) atoms. The van der Waals surface area contributed by atoms with Crippen molar-refractivity contribution in [3.05, 3.63) is 35.9 Å². The molecular weight excluding hydrogens is 244 g/mol. The number of rotatable bonds is 5. The minimum atomic E-state index is -0.683. The largest absolute Gasteiger partial charge is 0.354 e. The van der Waals surface area contributed by atoms with Gasteiger partial charge in [-0.3, -0.25) is 14.2 Å². The highest BCUT2D eigenvalue weighted by Gasteiger charge is 2.16. The Morgan fingerprint density at radius 3 is 2.84 bits per heavy atom. The Labute approximate surface area is 111 Å². The van der Waals surface area contributed by atoms with Crippen LogP contribution in [-0.4, -0.2) is 32.0 Å². The highest BCUT2D eigenvalue weighted by molar-refractivity contribution is 5.82. The second-order valence-corrected chi connectivity index (χ2v) is 4.45. The molecule has 1 amide bonds. The maximum atomic E-state index is 11.8. The van der Waals surface area contributed by atoms with E-state index in [1.807, 2.05) is 19.3 Å². The zero-order valence-corrected chi connectivity index (χ0v) is 11.1. The first-order chi connectivity index (χ1) is 9.06. The van der Waals surface area contributed by atoms with Crippen molar-refractivity contribution in [2.24, 2.45) is 19.8 Å². The molecule has 1 unspecified atom stereocenters. The number of carbonyl (C=O) groups excluding carboxylic acids is 1. The van der Waals surface area contributed by atoms with Gasteiger partial charge in [0, 0.05) is 45.0 Å². The van der Waals surface area contributed by atoms with Crippen LogP contribution in [0.2, 0.25) is 0 Å². The predicted octanol–water partition coefficient (Wildman–Crippen LogP) is -0.488. The van der Waals surface area contributed by atoms with E-state index in [0.717, 1.165) is 5.69 Å². The van der Waals surface area contributed by atoms with Gasteiger partial charge in [-0.05, 0) is 6.07 Å². The van der Waals surface area contributed by atoms with E-state index in [1.54, 1.807) is 28.8 Å². The Morgan fingerprint density at radius 1 is 1.47 bits per heavy atom. The van der Waals surface area contributed by atoms with E-state index >= 15 is 0 Å². The van der Waals surface area contributed by atoms with Gasteiger partial charge < -0.3 is 11.1 Å². The zero-order chi connectivity index (χ0) is 13.8. The van der Waals surface area contributed by atoms with Crippen molar-refractivity contribution in [1.29, 1.82) is 0 Å². The summed E-state index contributed by atoms with van der Waals surface area (Å²) in [5.74, 6) is -0.205. The smallest absolute Gasteiger partial charge is 0.241 e. The van der Waals surface area contributed by atoms with Crippen molar-refractivity contribution in [1.82, 2.24) is 24.9 Å². The molecular formula is C12H18N6O. The van der Waals surface area contributed by atoms with Crippen LogP contribution in [0.25, 0.3) is 0 Å². The third-order valence-corrected chi connectivity index (χ3v) is 2.82. The van der Waals surface area contributed by atoms with Crippen LogP contribution in [0, 0.1) is 0 Å². The fraction of sp³-hybridized carbons (Fsp3) is 0.417. The monoisotopic (exact) mass is 262 g/mol. The van der Waals surface area contributed by atoms with Crippen LogP contribution in [0.1, 0.15) is 17.3 Å². The molecule has 0 spiro atoms. The van der Waals surface area contributed by atoms with Gasteiger partial charge in [-0.1, -0.05) is 0 Å². The van der Waals surface area contributed by atoms with Gasteiger partial charge in [0.2, 0.25) is 5.91 Å². The van der Waals surface area contributed by atoms with Gasteiger partial charge in [0.1, 0.15) is 6.04 Å². The minimum Gasteiger partial charge on any atom is -0.354 e. The maximum absolute atomic E-state index is 11.8. The van der Waals surface area contributed by atoms with Gasteiger partial charge >= 0.3 is 0 Å². The van der Waals surface area contributed by atoms with Crippen molar-refractivity contribution < 1.29 is 4.79 Å². The Bertz CT molecular complexity index is 558. The van der Waals surface area contributed by atoms with Crippen LogP contribution in [0.15, 0.2) is 24.7 Å². The van der Waals surface area contributed by atoms with E-state index in [9.17, 15) is 4.79 Å². The molecule has 2 aromatic rings. The van der Waals surface area contributed by atoms with Gasteiger partial charge in [-0.25, -0.2) is 0 Å². The van der Waals surface area contributed by atoms with Crippen LogP contribution < -0.4 is 11.1 Å². The Kier molecular flexibility index (Phi) is 3.96. The number of amides is 1. The molecule has 2 heterocycles. The van der Waals surface area contributed by atoms with E-state index in [0.29, 0.717) is 18.5 Å². The number of nitrogens with two attached hydrogens (primary N) is 1. The maximum Gasteiger partial charge on any atom is 0.241 e. The normalized spacial score (nSPS) is 12.4. The summed E-state index contributed by atoms with van der Waals surface area (Å²) >= 11 is 0. The lowest BCUT2D eigenvalue weighted by Gasteiger charge is -2.09. The summed E-state index contributed by atoms with van der Waals surface area (Å²) in [6.45, 7) is 0.518. The first-order valence-corrected chi connectivity index (χ1v) is 6.06. The molecule has 0 bridgehead atoms. The van der Waals surface area contributed by atoms with Gasteiger partial charge in [0.15, 0.2) is 0 Å². The summed E-state index contributed by atoms with van der Waals surface area (Å²) in [6.07, 6.45) is 5.90. The fourth-order valence-electron chi connectivity index (χ4n) is 1.77. The number of nitrogens with one attached hydrogen (secondary N) is 1. The number of hydrogen-bond acceptors (Lipinski definition) is 4. The van der Waals surface area contributed by atoms with E-state index in [2.05, 4.69) is 15.5 Å². The van der Waals surface area contributed by atoms with Crippen LogP contribution in [0.3, 0.4) is 0 Å². The molecule has 0 aromatic carbocycles. The SMILES string of the molecule is Cn1cc(C(N)C(=O)NCCc2ccn(C)n2)cn1. The van der Waals surface area contributed by atoms with Crippen LogP contribution in [0.4, 0.5) is 0 Å². The molecule has 102 valence electrons. The number of carbonyl (C=O) groups is 1. The number of aryl methyl sites for hydroxylation is 2. The number of aromatic nitrogens is 4. The third kappa shape index (κ3) is 3.41. The van der Waals surface area contributed by atoms with Crippen molar-refractivity contribution in [2.75, 3.05) is 6.54 Å². The molecule has 0 aliphatic heterocycles. The molecule has 0 aliphatic carbocycles. The average Bonchev–Trinajstić information content (AvgIpc) is 2.97. The summed E-state index contributed by atoms with van der Waals surface area (Å²) in [7, 11) is 3.65. The summed E-state index contributed by atoms with van der Waals surface area (Å²) < 4.78 is 3.36. The molecule has 1 atom stereocenters. The molecule has 0 radical (unpaired) electrons. The summed E-state index contributed by atoms with van der Waals surface area (Å²) in [6, 6.07) is 1.24. The van der Waals surface area contributed by atoms with Gasteiger partial charge in [-0.15, -0.1) is 0 Å². The predicted molar refractivity (Wildman–Crippen MR) is 70.1 cm³/mol. The second kappa shape index (κ2) is 5.66. The molecule has 7 nitrogen and oxygen atoms in total. The van der Waals surface area contributed by atoms with E-state index < -0.39 is 6.04 Å². The number of nitrogens with zero attached hydrogens (tertiary/aromatic N) is 4. The summed E-state index contributed by atoms with van der Waals surface area (Å²) in [4.78, 5) is 11.8. The minimum absolute atomic E-state index is 0.205. The fourth-order valence-corrected chi connectivity index (χ4v) is 1.77. The summed E-state index contributed by atoms with van der Waals surface area (Å²) in [5.41, 5.74) is 7.50. The van der Waals surface area contributed by atoms with Gasteiger partial charge in [-0.2, -0.15) is 10.2 Å². The molecule has 7 heteroatoms. The van der Waals surface area contributed by atoms with Crippen LogP contribution in [-0.2, 0) is 25.3 Å². The average molecular weight is 262 g/mol. The van der Waals surface area contributed by atoms with Gasteiger partial charge in [0.05, 0.1) is 11.9 Å². The second-order valence-electron chi connectivity index (χ2n) is 4.45. The van der Waals surface area contributed by atoms with Gasteiger partial charge in [0.25, 0.3) is 0 Å². The first-order valence-electron chi connectivity index (χ1n) is 6.06. The highest BCUT2D eigenvalue weighted by Crippen LogP contribution is 2.08. The topological polar surface area (TPSA) is 90.8 Å². The highest BCUT2D eigenvalue weighted by atomic mass is 16.2. The van der Waals surface area contributed by atoms with E-state index in [1.165, 1.54) is 0 Å². The van der Waals surface area contributed by atoms with Crippen molar-refractivity contribution in [3.8, 4) is 0 Å². The molecule has 0 saturated carbocycles. The van der Waals surface area contributed by atoms with Crippen LogP contribution in [0.5, 0.6) is 0 Å². The van der Waals surface area contributed by atoms with E-state index in [-0.39, 0.29) is 5.91 Å². The van der Waals surface area contributed by atoms with Crippen molar-refractivity contribution in [3.63, 3.8) is 0 Å². The van der Waals surface area contributed by atoms with Crippen molar-refractivity contribution in [2.45, 2.75) is 12.5 Å². The summed E-state index contributed by atoms with van der Waals surface area (Å²) in [5, 5.41) is 11.0.